The maximum atomic E-state index is 12.0. The zero-order valence-corrected chi connectivity index (χ0v) is 14.7. The van der Waals surface area contributed by atoms with Gasteiger partial charge in [-0.2, -0.15) is 0 Å². The first-order valence-electron chi connectivity index (χ1n) is 7.92. The van der Waals surface area contributed by atoms with Gasteiger partial charge in [0.15, 0.2) is 11.5 Å². The second-order valence-electron chi connectivity index (χ2n) is 5.66. The van der Waals surface area contributed by atoms with Gasteiger partial charge in [-0.15, -0.1) is 12.4 Å². The number of ether oxygens (including phenoxy) is 2. The van der Waals surface area contributed by atoms with Gasteiger partial charge >= 0.3 is 0 Å². The number of methoxy groups -OCH3 is 2. The number of hydrogen-bond donors (Lipinski definition) is 2. The maximum Gasteiger partial charge on any atom is 0.220 e. The van der Waals surface area contributed by atoms with E-state index in [2.05, 4.69) is 10.6 Å². The summed E-state index contributed by atoms with van der Waals surface area (Å²) in [5.74, 6) is 2.15. The van der Waals surface area contributed by atoms with Crippen LogP contribution in [0.1, 0.15) is 31.2 Å². The number of rotatable bonds is 7. The number of para-hydroxylation sites is 1. The van der Waals surface area contributed by atoms with Gasteiger partial charge in [0.05, 0.1) is 14.2 Å². The summed E-state index contributed by atoms with van der Waals surface area (Å²) in [5, 5.41) is 6.32. The smallest absolute Gasteiger partial charge is 0.220 e. The second kappa shape index (κ2) is 10.3. The quantitative estimate of drug-likeness (QED) is 0.799. The zero-order valence-electron chi connectivity index (χ0n) is 13.9. The van der Waals surface area contributed by atoms with E-state index in [0.717, 1.165) is 25.1 Å². The third-order valence-electron chi connectivity index (χ3n) is 4.20. The fourth-order valence-electron chi connectivity index (χ4n) is 2.88. The average molecular weight is 343 g/mol. The highest BCUT2D eigenvalue weighted by atomic mass is 35.5. The first kappa shape index (κ1) is 19.6. The summed E-state index contributed by atoms with van der Waals surface area (Å²) in [5.41, 5.74) is 0.928. The molecule has 1 saturated heterocycles. The van der Waals surface area contributed by atoms with Crippen molar-refractivity contribution in [3.05, 3.63) is 23.8 Å². The number of carbonyl (C=O) groups excluding carboxylic acids is 1. The number of benzene rings is 1. The summed E-state index contributed by atoms with van der Waals surface area (Å²) in [4.78, 5) is 12.0. The Kier molecular flexibility index (Phi) is 8.81. The van der Waals surface area contributed by atoms with Crippen LogP contribution in [0.5, 0.6) is 11.5 Å². The molecule has 0 unspecified atom stereocenters. The lowest BCUT2D eigenvalue weighted by atomic mass is 9.93. The largest absolute Gasteiger partial charge is 0.493 e. The topological polar surface area (TPSA) is 59.6 Å². The van der Waals surface area contributed by atoms with Crippen molar-refractivity contribution in [1.82, 2.24) is 10.6 Å². The summed E-state index contributed by atoms with van der Waals surface area (Å²) in [6, 6.07) is 5.69. The zero-order chi connectivity index (χ0) is 15.8. The molecule has 0 aromatic heterocycles. The maximum absolute atomic E-state index is 12.0. The molecule has 1 aromatic rings. The van der Waals surface area contributed by atoms with Crippen LogP contribution in [0.25, 0.3) is 0 Å². The van der Waals surface area contributed by atoms with Crippen molar-refractivity contribution in [3.63, 3.8) is 0 Å². The molecule has 6 heteroatoms. The molecule has 0 aliphatic carbocycles. The van der Waals surface area contributed by atoms with Crippen molar-refractivity contribution >= 4 is 18.3 Å². The Hall–Kier alpha value is -1.46. The first-order chi connectivity index (χ1) is 10.7. The Morgan fingerprint density at radius 2 is 2.00 bits per heavy atom. The van der Waals surface area contributed by atoms with E-state index < -0.39 is 0 Å². The standard InChI is InChI=1S/C17H26N2O3.ClH/c1-21-15-5-3-4-14(17(15)22-2)12-19-16(20)7-6-13-8-10-18-11-9-13;/h3-5,13,18H,6-12H2,1-2H3,(H,19,20);1H. The first-order valence-corrected chi connectivity index (χ1v) is 7.92. The second-order valence-corrected chi connectivity index (χ2v) is 5.66. The highest BCUT2D eigenvalue weighted by Gasteiger charge is 2.15. The van der Waals surface area contributed by atoms with E-state index in [1.807, 2.05) is 18.2 Å². The van der Waals surface area contributed by atoms with Crippen LogP contribution < -0.4 is 20.1 Å². The molecule has 2 rings (SSSR count). The van der Waals surface area contributed by atoms with E-state index in [9.17, 15) is 4.79 Å². The van der Waals surface area contributed by atoms with Crippen molar-refractivity contribution in [1.29, 1.82) is 0 Å². The summed E-state index contributed by atoms with van der Waals surface area (Å²) < 4.78 is 10.6. The van der Waals surface area contributed by atoms with Crippen LogP contribution in [-0.4, -0.2) is 33.2 Å². The van der Waals surface area contributed by atoms with E-state index in [0.29, 0.717) is 30.4 Å². The lowest BCUT2D eigenvalue weighted by molar-refractivity contribution is -0.121. The van der Waals surface area contributed by atoms with Crippen LogP contribution in [-0.2, 0) is 11.3 Å². The van der Waals surface area contributed by atoms with E-state index in [4.69, 9.17) is 9.47 Å². The highest BCUT2D eigenvalue weighted by Crippen LogP contribution is 2.30. The third-order valence-corrected chi connectivity index (χ3v) is 4.20. The molecule has 0 spiro atoms. The molecule has 2 N–H and O–H groups in total. The number of halogens is 1. The molecule has 5 nitrogen and oxygen atoms in total. The van der Waals surface area contributed by atoms with Gasteiger partial charge in [-0.25, -0.2) is 0 Å². The minimum absolute atomic E-state index is 0. The fraction of sp³-hybridized carbons (Fsp3) is 0.588. The van der Waals surface area contributed by atoms with E-state index >= 15 is 0 Å². The van der Waals surface area contributed by atoms with Crippen molar-refractivity contribution < 1.29 is 14.3 Å². The molecular formula is C17H27ClN2O3. The number of nitrogens with one attached hydrogen (secondary N) is 2. The van der Waals surface area contributed by atoms with Gasteiger partial charge in [-0.05, 0) is 44.3 Å². The van der Waals surface area contributed by atoms with Gasteiger partial charge in [0.25, 0.3) is 0 Å². The number of hydrogen-bond acceptors (Lipinski definition) is 4. The minimum atomic E-state index is 0. The van der Waals surface area contributed by atoms with Crippen LogP contribution in [0.2, 0.25) is 0 Å². The van der Waals surface area contributed by atoms with Gasteiger partial charge in [0.2, 0.25) is 5.91 Å². The molecule has 23 heavy (non-hydrogen) atoms. The molecule has 0 atom stereocenters. The van der Waals surface area contributed by atoms with Crippen LogP contribution >= 0.6 is 12.4 Å². The van der Waals surface area contributed by atoms with Crippen LogP contribution in [0, 0.1) is 5.92 Å². The van der Waals surface area contributed by atoms with Gasteiger partial charge in [0.1, 0.15) is 0 Å². The van der Waals surface area contributed by atoms with Gasteiger partial charge in [-0.3, -0.25) is 4.79 Å². The van der Waals surface area contributed by atoms with Crippen molar-refractivity contribution in [2.45, 2.75) is 32.2 Å². The monoisotopic (exact) mass is 342 g/mol. The van der Waals surface area contributed by atoms with Crippen LogP contribution in [0.4, 0.5) is 0 Å². The Labute approximate surface area is 144 Å². The molecule has 130 valence electrons. The predicted octanol–water partition coefficient (Wildman–Crippen LogP) is 2.52. The Bertz CT molecular complexity index is 491. The summed E-state index contributed by atoms with van der Waals surface area (Å²) in [6.07, 6.45) is 3.92. The van der Waals surface area contributed by atoms with Crippen LogP contribution in [0.3, 0.4) is 0 Å². The Balaban J connectivity index is 0.00000264. The summed E-state index contributed by atoms with van der Waals surface area (Å²) in [6.45, 7) is 2.62. The number of piperidine rings is 1. The molecule has 1 aliphatic rings. The normalized spacial score (nSPS) is 14.7. The third kappa shape index (κ3) is 5.92. The molecule has 1 amide bonds. The van der Waals surface area contributed by atoms with Gasteiger partial charge < -0.3 is 20.1 Å². The van der Waals surface area contributed by atoms with Crippen molar-refractivity contribution in [3.8, 4) is 11.5 Å². The molecule has 1 aromatic carbocycles. The lowest BCUT2D eigenvalue weighted by Crippen LogP contribution is -2.29. The van der Waals surface area contributed by atoms with Crippen molar-refractivity contribution in [2.24, 2.45) is 5.92 Å². The SMILES string of the molecule is COc1cccc(CNC(=O)CCC2CCNCC2)c1OC.Cl. The predicted molar refractivity (Wildman–Crippen MR) is 93.5 cm³/mol. The molecule has 1 fully saturated rings. The molecule has 0 radical (unpaired) electrons. The molecule has 0 saturated carbocycles. The van der Waals surface area contributed by atoms with Gasteiger partial charge in [0, 0.05) is 18.5 Å². The fourth-order valence-corrected chi connectivity index (χ4v) is 2.88. The Morgan fingerprint density at radius 1 is 1.26 bits per heavy atom. The van der Waals surface area contributed by atoms with Crippen molar-refractivity contribution in [2.75, 3.05) is 27.3 Å². The average Bonchev–Trinajstić information content (AvgIpc) is 2.58. The number of amides is 1. The highest BCUT2D eigenvalue weighted by molar-refractivity contribution is 5.85. The number of carbonyl (C=O) groups is 1. The van der Waals surface area contributed by atoms with E-state index in [1.165, 1.54) is 12.8 Å². The van der Waals surface area contributed by atoms with Crippen LogP contribution in [0.15, 0.2) is 18.2 Å². The molecule has 0 bridgehead atoms. The lowest BCUT2D eigenvalue weighted by Gasteiger charge is -2.22. The minimum Gasteiger partial charge on any atom is -0.493 e. The molecule has 1 heterocycles. The molecule has 1 aliphatic heterocycles. The molecular weight excluding hydrogens is 316 g/mol. The van der Waals surface area contributed by atoms with E-state index in [-0.39, 0.29) is 18.3 Å². The van der Waals surface area contributed by atoms with Gasteiger partial charge in [-0.1, -0.05) is 12.1 Å². The Morgan fingerprint density at radius 3 is 2.65 bits per heavy atom. The summed E-state index contributed by atoms with van der Waals surface area (Å²) >= 11 is 0. The van der Waals surface area contributed by atoms with E-state index in [1.54, 1.807) is 14.2 Å². The summed E-state index contributed by atoms with van der Waals surface area (Å²) in [7, 11) is 3.22.